The molecule has 1 unspecified atom stereocenters. The van der Waals surface area contributed by atoms with Gasteiger partial charge in [0.2, 0.25) is 5.91 Å². The third kappa shape index (κ3) is 10.1. The second-order valence-electron chi connectivity index (χ2n) is 3.80. The van der Waals surface area contributed by atoms with Crippen molar-refractivity contribution in [3.63, 3.8) is 0 Å². The van der Waals surface area contributed by atoms with Crippen LogP contribution in [-0.2, 0) is 9.59 Å². The Morgan fingerprint density at radius 1 is 1.24 bits per heavy atom. The van der Waals surface area contributed by atoms with Crippen LogP contribution in [0, 0.1) is 0 Å². The van der Waals surface area contributed by atoms with Gasteiger partial charge in [0, 0.05) is 19.3 Å². The molecular formula is C11H21NO4S. The number of aliphatic hydroxyl groups excluding tert-OH is 1. The number of amides is 1. The minimum absolute atomic E-state index is 0.233. The summed E-state index contributed by atoms with van der Waals surface area (Å²) in [5, 5.41) is 19.8. The summed E-state index contributed by atoms with van der Waals surface area (Å²) in [6.45, 7) is 1.55. The van der Waals surface area contributed by atoms with E-state index in [4.69, 9.17) is 10.2 Å². The number of hydrogen-bond donors (Lipinski definition) is 3. The maximum absolute atomic E-state index is 10.8. The predicted octanol–water partition coefficient (Wildman–Crippen LogP) is 0.862. The largest absolute Gasteiger partial charge is 0.480 e. The van der Waals surface area contributed by atoms with Crippen LogP contribution in [0.4, 0.5) is 0 Å². The molecule has 0 aromatic heterocycles. The van der Waals surface area contributed by atoms with Crippen LogP contribution in [0.2, 0.25) is 0 Å². The maximum atomic E-state index is 10.8. The van der Waals surface area contributed by atoms with Crippen LogP contribution >= 0.6 is 11.8 Å². The van der Waals surface area contributed by atoms with Gasteiger partial charge in [-0.15, -0.1) is 0 Å². The lowest BCUT2D eigenvalue weighted by Crippen LogP contribution is -2.41. The van der Waals surface area contributed by atoms with E-state index in [1.54, 1.807) is 0 Å². The van der Waals surface area contributed by atoms with E-state index in [1.165, 1.54) is 18.7 Å². The minimum Gasteiger partial charge on any atom is -0.480 e. The average molecular weight is 263 g/mol. The van der Waals surface area contributed by atoms with Crippen molar-refractivity contribution in [3.8, 4) is 0 Å². The van der Waals surface area contributed by atoms with Gasteiger partial charge < -0.3 is 15.5 Å². The zero-order valence-corrected chi connectivity index (χ0v) is 11.0. The molecule has 0 aromatic rings. The first-order chi connectivity index (χ1) is 8.07. The number of aliphatic hydroxyl groups is 1. The smallest absolute Gasteiger partial charge is 0.327 e. The fourth-order valence-corrected chi connectivity index (χ4v) is 2.33. The molecule has 0 heterocycles. The van der Waals surface area contributed by atoms with Crippen LogP contribution in [0.15, 0.2) is 0 Å². The number of nitrogens with one attached hydrogen (secondary N) is 1. The molecule has 1 amide bonds. The second kappa shape index (κ2) is 10.4. The van der Waals surface area contributed by atoms with Crippen LogP contribution in [0.1, 0.15) is 32.6 Å². The molecule has 6 heteroatoms. The molecule has 0 aromatic carbocycles. The predicted molar refractivity (Wildman–Crippen MR) is 68.1 cm³/mol. The molecule has 1 atom stereocenters. The minimum atomic E-state index is -0.993. The normalized spacial score (nSPS) is 12.1. The monoisotopic (exact) mass is 263 g/mol. The third-order valence-electron chi connectivity index (χ3n) is 2.16. The molecule has 0 spiro atoms. The number of hydrogen-bond acceptors (Lipinski definition) is 4. The van der Waals surface area contributed by atoms with E-state index in [1.807, 2.05) is 0 Å². The number of rotatable bonds is 10. The lowest BCUT2D eigenvalue weighted by Gasteiger charge is -2.12. The molecule has 17 heavy (non-hydrogen) atoms. The van der Waals surface area contributed by atoms with Gasteiger partial charge in [0.15, 0.2) is 0 Å². The van der Waals surface area contributed by atoms with Crippen molar-refractivity contribution >= 4 is 23.6 Å². The summed E-state index contributed by atoms with van der Waals surface area (Å²) < 4.78 is 0. The van der Waals surface area contributed by atoms with E-state index in [0.717, 1.165) is 31.4 Å². The van der Waals surface area contributed by atoms with Gasteiger partial charge in [0.05, 0.1) is 0 Å². The van der Waals surface area contributed by atoms with Crippen LogP contribution < -0.4 is 5.32 Å². The highest BCUT2D eigenvalue weighted by Crippen LogP contribution is 2.09. The van der Waals surface area contributed by atoms with Gasteiger partial charge in [0.1, 0.15) is 6.04 Å². The van der Waals surface area contributed by atoms with E-state index in [0.29, 0.717) is 5.75 Å². The molecule has 0 fully saturated rings. The Morgan fingerprint density at radius 2 is 1.88 bits per heavy atom. The molecule has 5 nitrogen and oxygen atoms in total. The van der Waals surface area contributed by atoms with Gasteiger partial charge >= 0.3 is 5.97 Å². The molecule has 0 radical (unpaired) electrons. The van der Waals surface area contributed by atoms with Crippen molar-refractivity contribution in [2.24, 2.45) is 0 Å². The summed E-state index contributed by atoms with van der Waals surface area (Å²) >= 11 is 1.53. The number of carboxylic acids is 1. The SMILES string of the molecule is CC(=O)NC(CSCCCCCCO)C(=O)O. The number of thioether (sulfide) groups is 1. The second-order valence-corrected chi connectivity index (χ2v) is 4.95. The zero-order valence-electron chi connectivity index (χ0n) is 10.1. The maximum Gasteiger partial charge on any atom is 0.327 e. The number of aliphatic carboxylic acids is 1. The van der Waals surface area contributed by atoms with Crippen molar-refractivity contribution in [2.75, 3.05) is 18.1 Å². The van der Waals surface area contributed by atoms with Crippen LogP contribution in [0.25, 0.3) is 0 Å². The number of carbonyl (C=O) groups excluding carboxylic acids is 1. The summed E-state index contributed by atoms with van der Waals surface area (Å²) in [6, 6.07) is -0.796. The Balaban J connectivity index is 3.55. The van der Waals surface area contributed by atoms with Crippen LogP contribution in [0.5, 0.6) is 0 Å². The quantitative estimate of drug-likeness (QED) is 0.509. The highest BCUT2D eigenvalue weighted by atomic mass is 32.2. The Bertz CT molecular complexity index is 236. The number of unbranched alkanes of at least 4 members (excludes halogenated alkanes) is 3. The van der Waals surface area contributed by atoms with Gasteiger partial charge in [-0.05, 0) is 18.6 Å². The van der Waals surface area contributed by atoms with Crippen molar-refractivity contribution in [2.45, 2.75) is 38.6 Å². The average Bonchev–Trinajstić information content (AvgIpc) is 2.25. The number of carbonyl (C=O) groups is 2. The summed E-state index contributed by atoms with van der Waals surface area (Å²) in [4.78, 5) is 21.5. The summed E-state index contributed by atoms with van der Waals surface area (Å²) in [5.74, 6) is -0.0297. The van der Waals surface area contributed by atoms with Gasteiger partial charge in [-0.1, -0.05) is 12.8 Å². The molecule has 100 valence electrons. The lowest BCUT2D eigenvalue weighted by atomic mass is 10.2. The van der Waals surface area contributed by atoms with Crippen molar-refractivity contribution in [3.05, 3.63) is 0 Å². The Labute approximate surface area is 106 Å². The van der Waals surface area contributed by atoms with Gasteiger partial charge in [-0.25, -0.2) is 4.79 Å². The van der Waals surface area contributed by atoms with E-state index in [9.17, 15) is 9.59 Å². The van der Waals surface area contributed by atoms with Gasteiger partial charge in [-0.3, -0.25) is 4.79 Å². The molecular weight excluding hydrogens is 242 g/mol. The highest BCUT2D eigenvalue weighted by molar-refractivity contribution is 7.99. The Morgan fingerprint density at radius 3 is 2.41 bits per heavy atom. The van der Waals surface area contributed by atoms with E-state index in [-0.39, 0.29) is 12.5 Å². The van der Waals surface area contributed by atoms with Crippen LogP contribution in [0.3, 0.4) is 0 Å². The first-order valence-electron chi connectivity index (χ1n) is 5.76. The molecule has 0 aliphatic heterocycles. The van der Waals surface area contributed by atoms with Gasteiger partial charge in [-0.2, -0.15) is 11.8 Å². The fourth-order valence-electron chi connectivity index (χ4n) is 1.29. The van der Waals surface area contributed by atoms with Crippen molar-refractivity contribution < 1.29 is 19.8 Å². The fraction of sp³-hybridized carbons (Fsp3) is 0.818. The first kappa shape index (κ1) is 16.2. The van der Waals surface area contributed by atoms with Crippen molar-refractivity contribution in [1.29, 1.82) is 0 Å². The molecule has 0 saturated carbocycles. The van der Waals surface area contributed by atoms with E-state index in [2.05, 4.69) is 5.32 Å². The summed E-state index contributed by atoms with van der Waals surface area (Å²) in [7, 11) is 0. The Kier molecular flexibility index (Phi) is 9.95. The third-order valence-corrected chi connectivity index (χ3v) is 3.30. The van der Waals surface area contributed by atoms with E-state index >= 15 is 0 Å². The van der Waals surface area contributed by atoms with E-state index < -0.39 is 12.0 Å². The molecule has 0 bridgehead atoms. The van der Waals surface area contributed by atoms with Crippen LogP contribution in [-0.4, -0.2) is 46.2 Å². The topological polar surface area (TPSA) is 86.6 Å². The summed E-state index contributed by atoms with van der Waals surface area (Å²) in [5.41, 5.74) is 0. The standard InChI is InChI=1S/C11H21NO4S/c1-9(14)12-10(11(15)16)8-17-7-5-3-2-4-6-13/h10,13H,2-8H2,1H3,(H,12,14)(H,15,16). The highest BCUT2D eigenvalue weighted by Gasteiger charge is 2.17. The van der Waals surface area contributed by atoms with Gasteiger partial charge in [0.25, 0.3) is 0 Å². The number of carboxylic acid groups (broad SMARTS) is 1. The molecule has 0 rings (SSSR count). The summed E-state index contributed by atoms with van der Waals surface area (Å²) in [6.07, 6.45) is 3.89. The Hall–Kier alpha value is -0.750. The first-order valence-corrected chi connectivity index (χ1v) is 6.92. The molecule has 3 N–H and O–H groups in total. The van der Waals surface area contributed by atoms with Crippen molar-refractivity contribution in [1.82, 2.24) is 5.32 Å². The molecule has 0 aliphatic rings. The molecule has 0 aliphatic carbocycles. The molecule has 0 saturated heterocycles. The lowest BCUT2D eigenvalue weighted by molar-refractivity contribution is -0.140. The zero-order chi connectivity index (χ0) is 13.1.